The molecular weight excluding hydrogens is 174 g/mol. The molecule has 3 nitrogen and oxygen atoms in total. The van der Waals surface area contributed by atoms with E-state index in [9.17, 15) is 4.21 Å². The molecule has 0 aliphatic heterocycles. The smallest absolute Gasteiger partial charge is 0.104 e. The number of rotatable bonds is 4. The van der Waals surface area contributed by atoms with Gasteiger partial charge in [-0.15, -0.1) is 0 Å². The molecule has 0 spiro atoms. The van der Waals surface area contributed by atoms with Crippen LogP contribution < -0.4 is 5.73 Å². The maximum absolute atomic E-state index is 11.3. The summed E-state index contributed by atoms with van der Waals surface area (Å²) in [5.41, 5.74) is 6.30. The average molecular weight is 187 g/mol. The summed E-state index contributed by atoms with van der Waals surface area (Å²) in [4.78, 5) is 0. The first kappa shape index (κ1) is 9.48. The van der Waals surface area contributed by atoms with Gasteiger partial charge in [0.15, 0.2) is 0 Å². The third kappa shape index (κ3) is 2.46. The van der Waals surface area contributed by atoms with Gasteiger partial charge in [0.05, 0.1) is 12.0 Å². The van der Waals surface area contributed by atoms with Crippen LogP contribution in [0.5, 0.6) is 0 Å². The standard InChI is InChI=1S/C8H13NO2S/c1-7-8(2-4-11-7)6-12(10)5-3-9/h2,4H,3,5-6,9H2,1H3. The molecule has 2 N–H and O–H groups in total. The lowest BCUT2D eigenvalue weighted by molar-refractivity contribution is 0.531. The summed E-state index contributed by atoms with van der Waals surface area (Å²) in [7, 11) is -0.845. The first-order chi connectivity index (χ1) is 5.74. The lowest BCUT2D eigenvalue weighted by Gasteiger charge is -1.97. The van der Waals surface area contributed by atoms with Crippen LogP contribution in [0.1, 0.15) is 11.3 Å². The van der Waals surface area contributed by atoms with Gasteiger partial charge in [-0.25, -0.2) is 0 Å². The third-order valence-corrected chi connectivity index (χ3v) is 2.95. The normalized spacial score (nSPS) is 13.2. The number of nitrogens with two attached hydrogens (primary N) is 1. The SMILES string of the molecule is Cc1occc1CS(=O)CCN. The zero-order chi connectivity index (χ0) is 8.97. The Labute approximate surface area is 74.4 Å². The fourth-order valence-electron chi connectivity index (χ4n) is 0.938. The molecular formula is C8H13NO2S. The second kappa shape index (κ2) is 4.42. The second-order valence-corrected chi connectivity index (χ2v) is 4.16. The highest BCUT2D eigenvalue weighted by Crippen LogP contribution is 2.10. The fraction of sp³-hybridized carbons (Fsp3) is 0.500. The maximum Gasteiger partial charge on any atom is 0.104 e. The summed E-state index contributed by atoms with van der Waals surface area (Å²) < 4.78 is 16.3. The largest absolute Gasteiger partial charge is 0.469 e. The monoisotopic (exact) mass is 187 g/mol. The highest BCUT2D eigenvalue weighted by atomic mass is 32.2. The Morgan fingerprint density at radius 2 is 2.42 bits per heavy atom. The first-order valence-corrected chi connectivity index (χ1v) is 5.31. The van der Waals surface area contributed by atoms with Crippen LogP contribution >= 0.6 is 0 Å². The molecule has 0 saturated carbocycles. The van der Waals surface area contributed by atoms with Crippen molar-refractivity contribution in [3.63, 3.8) is 0 Å². The van der Waals surface area contributed by atoms with E-state index in [-0.39, 0.29) is 0 Å². The molecule has 4 heteroatoms. The Morgan fingerprint density at radius 3 is 2.92 bits per heavy atom. The summed E-state index contributed by atoms with van der Waals surface area (Å²) in [5.74, 6) is 1.96. The van der Waals surface area contributed by atoms with E-state index < -0.39 is 10.8 Å². The molecule has 0 amide bonds. The third-order valence-electron chi connectivity index (χ3n) is 1.63. The lowest BCUT2D eigenvalue weighted by Crippen LogP contribution is -2.11. The fourth-order valence-corrected chi connectivity index (χ4v) is 1.99. The highest BCUT2D eigenvalue weighted by Gasteiger charge is 2.05. The van der Waals surface area contributed by atoms with Crippen LogP contribution in [0.25, 0.3) is 0 Å². The molecule has 12 heavy (non-hydrogen) atoms. The van der Waals surface area contributed by atoms with Crippen LogP contribution in [0.2, 0.25) is 0 Å². The maximum atomic E-state index is 11.3. The molecule has 0 aromatic carbocycles. The molecule has 1 atom stereocenters. The van der Waals surface area contributed by atoms with Crippen molar-refractivity contribution in [2.75, 3.05) is 12.3 Å². The second-order valence-electron chi connectivity index (χ2n) is 2.58. The molecule has 1 rings (SSSR count). The average Bonchev–Trinajstić information content (AvgIpc) is 2.37. The molecule has 68 valence electrons. The minimum atomic E-state index is -0.845. The summed E-state index contributed by atoms with van der Waals surface area (Å²) in [6.45, 7) is 2.35. The number of furan rings is 1. The van der Waals surface area contributed by atoms with E-state index in [0.29, 0.717) is 18.1 Å². The van der Waals surface area contributed by atoms with Crippen molar-refractivity contribution in [2.24, 2.45) is 5.73 Å². The Hall–Kier alpha value is -0.610. The summed E-state index contributed by atoms with van der Waals surface area (Å²) >= 11 is 0. The van der Waals surface area contributed by atoms with Crippen molar-refractivity contribution in [3.8, 4) is 0 Å². The van der Waals surface area contributed by atoms with E-state index in [1.807, 2.05) is 13.0 Å². The molecule has 1 unspecified atom stereocenters. The number of aryl methyl sites for hydroxylation is 1. The molecule has 0 aliphatic rings. The number of hydrogen-bond acceptors (Lipinski definition) is 3. The van der Waals surface area contributed by atoms with Crippen LogP contribution in [-0.2, 0) is 16.6 Å². The molecule has 0 radical (unpaired) electrons. The molecule has 1 aromatic heterocycles. The van der Waals surface area contributed by atoms with Crippen molar-refractivity contribution in [3.05, 3.63) is 23.7 Å². The molecule has 0 fully saturated rings. The van der Waals surface area contributed by atoms with Gasteiger partial charge in [0.25, 0.3) is 0 Å². The minimum Gasteiger partial charge on any atom is -0.469 e. The van der Waals surface area contributed by atoms with E-state index in [1.165, 1.54) is 0 Å². The zero-order valence-electron chi connectivity index (χ0n) is 7.08. The minimum absolute atomic E-state index is 0.476. The molecule has 0 saturated heterocycles. The Kier molecular flexibility index (Phi) is 3.49. The van der Waals surface area contributed by atoms with E-state index >= 15 is 0 Å². The van der Waals surface area contributed by atoms with Crippen LogP contribution in [-0.4, -0.2) is 16.5 Å². The van der Waals surface area contributed by atoms with E-state index in [4.69, 9.17) is 10.2 Å². The van der Waals surface area contributed by atoms with Crippen LogP contribution in [0.3, 0.4) is 0 Å². The van der Waals surface area contributed by atoms with Crippen LogP contribution in [0.4, 0.5) is 0 Å². The van der Waals surface area contributed by atoms with Gasteiger partial charge in [0.2, 0.25) is 0 Å². The molecule has 1 aromatic rings. The van der Waals surface area contributed by atoms with Crippen LogP contribution in [0.15, 0.2) is 16.7 Å². The predicted molar refractivity (Wildman–Crippen MR) is 49.2 cm³/mol. The van der Waals surface area contributed by atoms with Gasteiger partial charge in [-0.1, -0.05) is 0 Å². The van der Waals surface area contributed by atoms with Gasteiger partial charge in [-0.05, 0) is 13.0 Å². The Bertz CT molecular complexity index is 270. The topological polar surface area (TPSA) is 56.2 Å². The lowest BCUT2D eigenvalue weighted by atomic mass is 10.3. The van der Waals surface area contributed by atoms with E-state index in [0.717, 1.165) is 11.3 Å². The summed E-state index contributed by atoms with van der Waals surface area (Å²) in [6, 6.07) is 1.85. The van der Waals surface area contributed by atoms with Gasteiger partial charge in [-0.2, -0.15) is 0 Å². The van der Waals surface area contributed by atoms with Gasteiger partial charge in [0.1, 0.15) is 5.76 Å². The molecule has 0 aliphatic carbocycles. The quantitative estimate of drug-likeness (QED) is 0.758. The van der Waals surface area contributed by atoms with E-state index in [2.05, 4.69) is 0 Å². The summed E-state index contributed by atoms with van der Waals surface area (Å²) in [5, 5.41) is 0. The Morgan fingerprint density at radius 1 is 1.67 bits per heavy atom. The highest BCUT2D eigenvalue weighted by molar-refractivity contribution is 7.84. The molecule has 0 bridgehead atoms. The molecule has 1 heterocycles. The number of hydrogen-bond donors (Lipinski definition) is 1. The first-order valence-electron chi connectivity index (χ1n) is 3.82. The zero-order valence-corrected chi connectivity index (χ0v) is 7.89. The summed E-state index contributed by atoms with van der Waals surface area (Å²) in [6.07, 6.45) is 1.62. The van der Waals surface area contributed by atoms with Gasteiger partial charge in [-0.3, -0.25) is 4.21 Å². The van der Waals surface area contributed by atoms with Crippen molar-refractivity contribution in [2.45, 2.75) is 12.7 Å². The Balaban J connectivity index is 2.52. The van der Waals surface area contributed by atoms with Crippen molar-refractivity contribution in [1.29, 1.82) is 0 Å². The predicted octanol–water partition coefficient (Wildman–Crippen LogP) is 0.795. The van der Waals surface area contributed by atoms with E-state index in [1.54, 1.807) is 6.26 Å². The van der Waals surface area contributed by atoms with Gasteiger partial charge in [0, 0.05) is 28.7 Å². The van der Waals surface area contributed by atoms with Crippen molar-refractivity contribution >= 4 is 10.8 Å². The van der Waals surface area contributed by atoms with Crippen LogP contribution in [0, 0.1) is 6.92 Å². The van der Waals surface area contributed by atoms with Crippen molar-refractivity contribution < 1.29 is 8.63 Å². The van der Waals surface area contributed by atoms with Gasteiger partial charge < -0.3 is 10.2 Å². The van der Waals surface area contributed by atoms with Gasteiger partial charge >= 0.3 is 0 Å². The van der Waals surface area contributed by atoms with Crippen molar-refractivity contribution in [1.82, 2.24) is 0 Å².